The zero-order valence-corrected chi connectivity index (χ0v) is 9.82. The van der Waals surface area contributed by atoms with Gasteiger partial charge in [0.05, 0.1) is 0 Å². The van der Waals surface area contributed by atoms with Gasteiger partial charge in [0.15, 0.2) is 0 Å². The molecule has 0 rings (SSSR count). The van der Waals surface area contributed by atoms with Crippen LogP contribution in [-0.2, 0) is 32.5 Å². The Kier molecular flexibility index (Phi) is 9.14. The van der Waals surface area contributed by atoms with E-state index in [1.54, 1.807) is 6.92 Å². The molecule has 0 radical (unpaired) electrons. The van der Waals surface area contributed by atoms with Crippen LogP contribution in [-0.4, -0.2) is 5.78 Å². The molecule has 0 atom stereocenters. The molecule has 0 bridgehead atoms. The van der Waals surface area contributed by atoms with Crippen LogP contribution in [0.3, 0.4) is 0 Å². The van der Waals surface area contributed by atoms with E-state index in [9.17, 15) is 4.79 Å². The third-order valence-corrected chi connectivity index (χ3v) is 0.498. The Balaban J connectivity index is 0. The minimum Gasteiger partial charge on any atom is -0.300 e. The van der Waals surface area contributed by atoms with Gasteiger partial charge >= 0.3 is 0 Å². The first-order valence-corrected chi connectivity index (χ1v) is 1.76. The number of rotatable bonds is 1. The van der Waals surface area contributed by atoms with E-state index in [0.29, 0.717) is 6.42 Å². The predicted molar refractivity (Wildman–Crippen MR) is 21.0 cm³/mol. The Morgan fingerprint density at radius 3 is 1.83 bits per heavy atom. The molecular weight excluding hydrogens is 265 g/mol. The summed E-state index contributed by atoms with van der Waals surface area (Å²) in [6, 6.07) is 0. The van der Waals surface area contributed by atoms with E-state index in [0.717, 1.165) is 0 Å². The van der Waals surface area contributed by atoms with Crippen molar-refractivity contribution in [2.45, 2.75) is 20.3 Å². The van der Waals surface area contributed by atoms with Crippen molar-refractivity contribution in [3.63, 3.8) is 0 Å². The van der Waals surface area contributed by atoms with Crippen molar-refractivity contribution < 1.29 is 32.5 Å². The first-order chi connectivity index (χ1) is 2.27. The Bertz CT molecular complexity index is 42.8. The number of hydrogen-bond acceptors (Lipinski definition) is 1. The first-order valence-electron chi connectivity index (χ1n) is 1.76. The summed E-state index contributed by atoms with van der Waals surface area (Å²) in [5.41, 5.74) is 0. The third kappa shape index (κ3) is 8.82. The van der Waals surface area contributed by atoms with Gasteiger partial charge in [-0.05, 0) is 6.92 Å². The van der Waals surface area contributed by atoms with E-state index in [1.165, 1.54) is 0 Å². The van der Waals surface area contributed by atoms with Crippen molar-refractivity contribution in [2.75, 3.05) is 0 Å². The number of hydrogen-bond donors (Lipinski definition) is 0. The van der Waals surface area contributed by atoms with Crippen LogP contribution in [0.15, 0.2) is 0 Å². The molecular formula is C4H8HgO. The maximum absolute atomic E-state index is 9.81. The van der Waals surface area contributed by atoms with Crippen LogP contribution in [0, 0.1) is 0 Å². The van der Waals surface area contributed by atoms with Gasteiger partial charge in [0, 0.05) is 34.1 Å². The maximum Gasteiger partial charge on any atom is 0.129 e. The van der Waals surface area contributed by atoms with Crippen molar-refractivity contribution in [3.8, 4) is 0 Å². The fraction of sp³-hybridized carbons (Fsp3) is 0.750. The van der Waals surface area contributed by atoms with E-state index in [4.69, 9.17) is 0 Å². The first kappa shape index (κ1) is 9.79. The van der Waals surface area contributed by atoms with Gasteiger partial charge in [-0.1, -0.05) is 6.92 Å². The minimum atomic E-state index is 0. The smallest absolute Gasteiger partial charge is 0.129 e. The van der Waals surface area contributed by atoms with Gasteiger partial charge in [-0.15, -0.1) is 0 Å². The molecule has 6 heavy (non-hydrogen) atoms. The van der Waals surface area contributed by atoms with Gasteiger partial charge < -0.3 is 4.79 Å². The summed E-state index contributed by atoms with van der Waals surface area (Å²) < 4.78 is 0. The number of carbonyl (C=O) groups excluding carboxylic acids is 1. The second-order valence-electron chi connectivity index (χ2n) is 1.06. The summed E-state index contributed by atoms with van der Waals surface area (Å²) in [6.07, 6.45) is 0.667. The van der Waals surface area contributed by atoms with E-state index in [1.807, 2.05) is 6.92 Å². The molecule has 0 fully saturated rings. The second-order valence-corrected chi connectivity index (χ2v) is 1.06. The Labute approximate surface area is 58.6 Å². The van der Waals surface area contributed by atoms with Crippen molar-refractivity contribution in [3.05, 3.63) is 0 Å². The largest absolute Gasteiger partial charge is 0.300 e. The number of Topliss-reactive ketones (excluding diaryl/α,β-unsaturated/α-hetero) is 1. The van der Waals surface area contributed by atoms with Crippen LogP contribution in [0.25, 0.3) is 0 Å². The van der Waals surface area contributed by atoms with Crippen LogP contribution in [0.2, 0.25) is 0 Å². The molecule has 32 valence electrons. The second kappa shape index (κ2) is 5.61. The van der Waals surface area contributed by atoms with Crippen molar-refractivity contribution in [1.29, 1.82) is 0 Å². The molecule has 0 aromatic rings. The molecule has 0 saturated heterocycles. The van der Waals surface area contributed by atoms with Crippen LogP contribution < -0.4 is 0 Å². The number of carbonyl (C=O) groups is 1. The Morgan fingerprint density at radius 2 is 1.83 bits per heavy atom. The Hall–Kier alpha value is 0.605. The van der Waals surface area contributed by atoms with E-state index >= 15 is 0 Å². The molecule has 0 aromatic carbocycles. The average molecular weight is 273 g/mol. The molecule has 0 N–H and O–H groups in total. The maximum atomic E-state index is 9.81. The SMILES string of the molecule is CCC(C)=O.[Hg]. The summed E-state index contributed by atoms with van der Waals surface area (Å²) in [6.45, 7) is 3.43. The van der Waals surface area contributed by atoms with E-state index < -0.39 is 0 Å². The molecule has 0 spiro atoms. The van der Waals surface area contributed by atoms with Gasteiger partial charge in [-0.3, -0.25) is 0 Å². The average Bonchev–Trinajstić information content (AvgIpc) is 1.38. The van der Waals surface area contributed by atoms with Gasteiger partial charge in [-0.25, -0.2) is 0 Å². The topological polar surface area (TPSA) is 17.1 Å². The molecule has 0 aromatic heterocycles. The van der Waals surface area contributed by atoms with Gasteiger partial charge in [0.25, 0.3) is 0 Å². The third-order valence-electron chi connectivity index (χ3n) is 0.498. The van der Waals surface area contributed by atoms with Gasteiger partial charge in [0.1, 0.15) is 5.78 Å². The zero-order chi connectivity index (χ0) is 4.28. The van der Waals surface area contributed by atoms with Crippen molar-refractivity contribution >= 4 is 5.78 Å². The van der Waals surface area contributed by atoms with Gasteiger partial charge in [-0.2, -0.15) is 0 Å². The monoisotopic (exact) mass is 274 g/mol. The standard InChI is InChI=1S/C4H8O.Hg/c1-3-4(2)5;/h3H2,1-2H3;. The normalized spacial score (nSPS) is 6.33. The predicted octanol–water partition coefficient (Wildman–Crippen LogP) is 0.983. The summed E-state index contributed by atoms with van der Waals surface area (Å²) in [5.74, 6) is 0.255. The molecule has 0 aliphatic rings. The van der Waals surface area contributed by atoms with Gasteiger partial charge in [0.2, 0.25) is 0 Å². The fourth-order valence-corrected chi connectivity index (χ4v) is 0. The molecule has 0 amide bonds. The van der Waals surface area contributed by atoms with Crippen LogP contribution >= 0.6 is 0 Å². The molecule has 0 aliphatic carbocycles. The Morgan fingerprint density at radius 1 is 1.67 bits per heavy atom. The molecule has 0 unspecified atom stereocenters. The number of ketones is 1. The minimum absolute atomic E-state index is 0. The van der Waals surface area contributed by atoms with Crippen LogP contribution in [0.4, 0.5) is 0 Å². The molecule has 2 heteroatoms. The molecule has 0 saturated carbocycles. The van der Waals surface area contributed by atoms with Crippen molar-refractivity contribution in [2.24, 2.45) is 0 Å². The zero-order valence-electron chi connectivity index (χ0n) is 4.32. The quantitative estimate of drug-likeness (QED) is 0.651. The molecule has 1 nitrogen and oxygen atoms in total. The van der Waals surface area contributed by atoms with Crippen LogP contribution in [0.5, 0.6) is 0 Å². The van der Waals surface area contributed by atoms with E-state index in [2.05, 4.69) is 0 Å². The summed E-state index contributed by atoms with van der Waals surface area (Å²) >= 11 is 0. The summed E-state index contributed by atoms with van der Waals surface area (Å²) in [4.78, 5) is 9.81. The fourth-order valence-electron chi connectivity index (χ4n) is 0. The van der Waals surface area contributed by atoms with E-state index in [-0.39, 0.29) is 33.5 Å². The summed E-state index contributed by atoms with van der Waals surface area (Å²) in [7, 11) is 0. The summed E-state index contributed by atoms with van der Waals surface area (Å²) in [5, 5.41) is 0. The molecule has 0 heterocycles. The van der Waals surface area contributed by atoms with Crippen molar-refractivity contribution in [1.82, 2.24) is 0 Å². The molecule has 0 aliphatic heterocycles. The van der Waals surface area contributed by atoms with Crippen LogP contribution in [0.1, 0.15) is 20.3 Å².